The monoisotopic (exact) mass is 284 g/mol. The van der Waals surface area contributed by atoms with Gasteiger partial charge in [-0.15, -0.1) is 0 Å². The molecule has 0 aromatic carbocycles. The van der Waals surface area contributed by atoms with Crippen molar-refractivity contribution < 1.29 is 14.3 Å². The van der Waals surface area contributed by atoms with E-state index >= 15 is 0 Å². The van der Waals surface area contributed by atoms with Crippen molar-refractivity contribution in [3.63, 3.8) is 0 Å². The number of nitrogens with one attached hydrogen (secondary N) is 1. The maximum Gasteiger partial charge on any atom is 0.260 e. The lowest BCUT2D eigenvalue weighted by Gasteiger charge is -2.03. The summed E-state index contributed by atoms with van der Waals surface area (Å²) < 4.78 is 5.34. The lowest BCUT2D eigenvalue weighted by atomic mass is 10.2. The number of hydrogen-bond donors (Lipinski definition) is 2. The highest BCUT2D eigenvalue weighted by Crippen LogP contribution is 2.15. The summed E-state index contributed by atoms with van der Waals surface area (Å²) in [6.07, 6.45) is 0.395. The fourth-order valence-corrected chi connectivity index (χ4v) is 1.82. The Hall–Kier alpha value is -2.58. The number of anilines is 1. The molecule has 5 heteroatoms. The summed E-state index contributed by atoms with van der Waals surface area (Å²) >= 11 is 0. The third kappa shape index (κ3) is 3.94. The number of aliphatic hydroxyl groups is 1. The van der Waals surface area contributed by atoms with E-state index in [1.807, 2.05) is 0 Å². The molecule has 108 valence electrons. The maximum absolute atomic E-state index is 12.1. The minimum absolute atomic E-state index is 0.0164. The van der Waals surface area contributed by atoms with Crippen molar-refractivity contribution in [3.05, 3.63) is 47.0 Å². The minimum Gasteiger partial charge on any atom is -0.466 e. The van der Waals surface area contributed by atoms with Gasteiger partial charge in [0, 0.05) is 6.42 Å². The van der Waals surface area contributed by atoms with Crippen LogP contribution in [0.25, 0.3) is 0 Å². The molecule has 0 radical (unpaired) electrons. The number of aliphatic hydroxyl groups excluding tert-OH is 1. The summed E-state index contributed by atoms with van der Waals surface area (Å²) in [7, 11) is 0. The van der Waals surface area contributed by atoms with E-state index in [1.165, 1.54) is 0 Å². The summed E-state index contributed by atoms with van der Waals surface area (Å²) in [5.41, 5.74) is 1.03. The zero-order chi connectivity index (χ0) is 15.2. The molecule has 0 spiro atoms. The number of aryl methyl sites for hydroxylation is 2. The van der Waals surface area contributed by atoms with Crippen LogP contribution in [-0.4, -0.2) is 22.6 Å². The topological polar surface area (TPSA) is 75.4 Å². The van der Waals surface area contributed by atoms with Gasteiger partial charge in [0.05, 0.1) is 12.2 Å². The van der Waals surface area contributed by atoms with Gasteiger partial charge in [0.15, 0.2) is 0 Å². The molecule has 0 atom stereocenters. The molecule has 1 amide bonds. The van der Waals surface area contributed by atoms with Crippen molar-refractivity contribution in [3.8, 4) is 11.8 Å². The first kappa shape index (κ1) is 14.8. The molecule has 2 heterocycles. The minimum atomic E-state index is -0.266. The third-order valence-electron chi connectivity index (χ3n) is 2.73. The van der Waals surface area contributed by atoms with E-state index in [4.69, 9.17) is 9.52 Å². The van der Waals surface area contributed by atoms with Gasteiger partial charge in [0.1, 0.15) is 23.0 Å². The van der Waals surface area contributed by atoms with E-state index in [2.05, 4.69) is 22.1 Å². The van der Waals surface area contributed by atoms with Crippen LogP contribution in [0.3, 0.4) is 0 Å². The second-order valence-electron chi connectivity index (χ2n) is 4.46. The highest BCUT2D eigenvalue weighted by molar-refractivity contribution is 6.04. The zero-order valence-electron chi connectivity index (χ0n) is 11.9. The molecule has 0 aliphatic carbocycles. The zero-order valence-corrected chi connectivity index (χ0v) is 11.9. The molecule has 21 heavy (non-hydrogen) atoms. The first-order valence-electron chi connectivity index (χ1n) is 6.55. The number of carbonyl (C=O) groups excluding carboxylic acids is 1. The lowest BCUT2D eigenvalue weighted by molar-refractivity contribution is 0.102. The predicted octanol–water partition coefficient (Wildman–Crippen LogP) is 2.28. The van der Waals surface area contributed by atoms with Crippen LogP contribution in [0.2, 0.25) is 0 Å². The Morgan fingerprint density at radius 1 is 1.43 bits per heavy atom. The van der Waals surface area contributed by atoms with E-state index < -0.39 is 0 Å². The number of amides is 1. The Kier molecular flexibility index (Phi) is 4.75. The first-order chi connectivity index (χ1) is 10.1. The quantitative estimate of drug-likeness (QED) is 0.848. The van der Waals surface area contributed by atoms with E-state index in [0.29, 0.717) is 35.0 Å². The van der Waals surface area contributed by atoms with Gasteiger partial charge in [0.2, 0.25) is 0 Å². The summed E-state index contributed by atoms with van der Waals surface area (Å²) in [6, 6.07) is 6.89. The van der Waals surface area contributed by atoms with E-state index in [1.54, 1.807) is 38.1 Å². The molecule has 0 fully saturated rings. The van der Waals surface area contributed by atoms with Crippen LogP contribution in [-0.2, 0) is 0 Å². The number of nitrogens with zero attached hydrogens (tertiary/aromatic N) is 1. The van der Waals surface area contributed by atoms with Crippen LogP contribution < -0.4 is 5.32 Å². The van der Waals surface area contributed by atoms with Gasteiger partial charge in [-0.1, -0.05) is 12.0 Å². The van der Waals surface area contributed by atoms with Crippen LogP contribution in [0.5, 0.6) is 0 Å². The second-order valence-corrected chi connectivity index (χ2v) is 4.46. The number of rotatable bonds is 3. The van der Waals surface area contributed by atoms with Gasteiger partial charge in [0.25, 0.3) is 5.91 Å². The molecule has 2 N–H and O–H groups in total. The van der Waals surface area contributed by atoms with Crippen molar-refractivity contribution in [2.24, 2.45) is 0 Å². The molecule has 2 rings (SSSR count). The van der Waals surface area contributed by atoms with Crippen molar-refractivity contribution in [1.29, 1.82) is 0 Å². The summed E-state index contributed by atoms with van der Waals surface area (Å²) in [5, 5.41) is 11.4. The van der Waals surface area contributed by atoms with Gasteiger partial charge in [-0.05, 0) is 38.0 Å². The molecule has 0 unspecified atom stereocenters. The van der Waals surface area contributed by atoms with Crippen molar-refractivity contribution >= 4 is 11.7 Å². The molecule has 2 aromatic heterocycles. The number of aromatic nitrogens is 1. The largest absolute Gasteiger partial charge is 0.466 e. The average Bonchev–Trinajstić information content (AvgIpc) is 2.78. The molecular formula is C16H16N2O3. The Morgan fingerprint density at radius 3 is 2.90 bits per heavy atom. The second kappa shape index (κ2) is 6.73. The Morgan fingerprint density at radius 2 is 2.24 bits per heavy atom. The van der Waals surface area contributed by atoms with Gasteiger partial charge in [-0.3, -0.25) is 4.79 Å². The van der Waals surface area contributed by atoms with Gasteiger partial charge in [-0.2, -0.15) is 0 Å². The first-order valence-corrected chi connectivity index (χ1v) is 6.55. The number of hydrogen-bond acceptors (Lipinski definition) is 4. The molecule has 2 aromatic rings. The molecular weight excluding hydrogens is 268 g/mol. The number of carbonyl (C=O) groups is 1. The normalized spacial score (nSPS) is 9.86. The predicted molar refractivity (Wildman–Crippen MR) is 79.0 cm³/mol. The Bertz CT molecular complexity index is 708. The Labute approximate surface area is 123 Å². The van der Waals surface area contributed by atoms with E-state index in [9.17, 15) is 4.79 Å². The van der Waals surface area contributed by atoms with Crippen molar-refractivity contribution in [2.45, 2.75) is 20.3 Å². The van der Waals surface area contributed by atoms with Crippen LogP contribution in [0, 0.1) is 25.7 Å². The van der Waals surface area contributed by atoms with Crippen LogP contribution in [0.1, 0.15) is 34.0 Å². The van der Waals surface area contributed by atoms with Crippen LogP contribution in [0.15, 0.2) is 28.7 Å². The van der Waals surface area contributed by atoms with Gasteiger partial charge >= 0.3 is 0 Å². The fraction of sp³-hybridized carbons (Fsp3) is 0.250. The van der Waals surface area contributed by atoms with Crippen LogP contribution in [0.4, 0.5) is 5.82 Å². The standard InChI is InChI=1S/C16H16N2O3/c1-11-10-14(12(2)21-11)16(20)18-15-8-5-7-13(17-15)6-3-4-9-19/h5,7-8,10,19H,4,9H2,1-2H3,(H,17,18,20). The molecule has 0 aliphatic heterocycles. The van der Waals surface area contributed by atoms with Gasteiger partial charge in [-0.25, -0.2) is 4.98 Å². The lowest BCUT2D eigenvalue weighted by Crippen LogP contribution is -2.13. The Balaban J connectivity index is 2.13. The van der Waals surface area contributed by atoms with Crippen LogP contribution >= 0.6 is 0 Å². The van der Waals surface area contributed by atoms with Gasteiger partial charge < -0.3 is 14.8 Å². The molecule has 5 nitrogen and oxygen atoms in total. The highest BCUT2D eigenvalue weighted by Gasteiger charge is 2.14. The summed E-state index contributed by atoms with van der Waals surface area (Å²) in [6.45, 7) is 3.55. The van der Waals surface area contributed by atoms with E-state index in [0.717, 1.165) is 0 Å². The average molecular weight is 284 g/mol. The van der Waals surface area contributed by atoms with E-state index in [-0.39, 0.29) is 12.5 Å². The number of pyridine rings is 1. The maximum atomic E-state index is 12.1. The SMILES string of the molecule is Cc1cc(C(=O)Nc2cccc(C#CCCO)n2)c(C)o1. The summed E-state index contributed by atoms with van der Waals surface area (Å²) in [4.78, 5) is 16.4. The highest BCUT2D eigenvalue weighted by atomic mass is 16.3. The van der Waals surface area contributed by atoms with Crippen molar-refractivity contribution in [2.75, 3.05) is 11.9 Å². The number of furan rings is 1. The smallest absolute Gasteiger partial charge is 0.260 e. The molecule has 0 saturated carbocycles. The third-order valence-corrected chi connectivity index (χ3v) is 2.73. The molecule has 0 aliphatic rings. The molecule has 0 saturated heterocycles. The summed E-state index contributed by atoms with van der Waals surface area (Å²) in [5.74, 6) is 7.03. The van der Waals surface area contributed by atoms with Crippen molar-refractivity contribution in [1.82, 2.24) is 4.98 Å². The molecule has 0 bridgehead atoms. The fourth-order valence-electron chi connectivity index (χ4n) is 1.82.